The minimum atomic E-state index is 0. The lowest BCUT2D eigenvalue weighted by Gasteiger charge is -2.31. The molecule has 0 aromatic rings. The molecule has 0 aromatic heterocycles. The van der Waals surface area contributed by atoms with E-state index in [1.54, 1.807) is 0 Å². The standard InChI is InChI=1S/C9H15ClN2O.ClH/c1-6(10)3-12-9(13)7(2)8-4-11-5-8;/h7-8,11H,1,3-5H2,2H3,(H,12,13);1H. The predicted molar refractivity (Wildman–Crippen MR) is 60.8 cm³/mol. The van der Waals surface area contributed by atoms with Crippen LogP contribution in [-0.2, 0) is 4.79 Å². The molecule has 3 nitrogen and oxygen atoms in total. The molecule has 0 bridgehead atoms. The van der Waals surface area contributed by atoms with Gasteiger partial charge >= 0.3 is 0 Å². The van der Waals surface area contributed by atoms with Gasteiger partial charge in [-0.05, 0) is 19.0 Å². The highest BCUT2D eigenvalue weighted by atomic mass is 35.5. The number of hydrogen-bond acceptors (Lipinski definition) is 2. The van der Waals surface area contributed by atoms with Crippen LogP contribution in [0.2, 0.25) is 0 Å². The lowest BCUT2D eigenvalue weighted by molar-refractivity contribution is -0.126. The molecule has 1 aliphatic heterocycles. The zero-order valence-electron chi connectivity index (χ0n) is 8.18. The van der Waals surface area contributed by atoms with Gasteiger partial charge in [0.05, 0.1) is 6.54 Å². The van der Waals surface area contributed by atoms with Crippen molar-refractivity contribution < 1.29 is 4.79 Å². The smallest absolute Gasteiger partial charge is 0.223 e. The van der Waals surface area contributed by atoms with Crippen molar-refractivity contribution >= 4 is 29.9 Å². The maximum Gasteiger partial charge on any atom is 0.223 e. The van der Waals surface area contributed by atoms with Gasteiger partial charge in [0, 0.05) is 11.0 Å². The molecule has 1 fully saturated rings. The van der Waals surface area contributed by atoms with Gasteiger partial charge < -0.3 is 10.6 Å². The first-order valence-corrected chi connectivity index (χ1v) is 4.80. The van der Waals surface area contributed by atoms with Crippen molar-refractivity contribution in [3.8, 4) is 0 Å². The van der Waals surface area contributed by atoms with Gasteiger partial charge in [0.1, 0.15) is 0 Å². The molecular formula is C9H16Cl2N2O. The molecule has 82 valence electrons. The van der Waals surface area contributed by atoms with Crippen molar-refractivity contribution in [2.75, 3.05) is 19.6 Å². The Balaban J connectivity index is 0.00000169. The maximum atomic E-state index is 11.4. The third-order valence-electron chi connectivity index (χ3n) is 2.39. The minimum absolute atomic E-state index is 0. The number of amides is 1. The second-order valence-corrected chi connectivity index (χ2v) is 3.98. The number of carbonyl (C=O) groups excluding carboxylic acids is 1. The van der Waals surface area contributed by atoms with Gasteiger partial charge in [-0.3, -0.25) is 4.79 Å². The SMILES string of the molecule is C=C(Cl)CNC(=O)C(C)C1CNC1.Cl. The van der Waals surface area contributed by atoms with Crippen LogP contribution in [0.15, 0.2) is 11.6 Å². The van der Waals surface area contributed by atoms with Crippen LogP contribution < -0.4 is 10.6 Å². The van der Waals surface area contributed by atoms with Gasteiger partial charge in [0.25, 0.3) is 0 Å². The summed E-state index contributed by atoms with van der Waals surface area (Å²) < 4.78 is 0. The average Bonchev–Trinajstić information content (AvgIpc) is 1.96. The number of rotatable bonds is 4. The Morgan fingerprint density at radius 3 is 2.64 bits per heavy atom. The zero-order valence-corrected chi connectivity index (χ0v) is 9.75. The van der Waals surface area contributed by atoms with E-state index in [-0.39, 0.29) is 24.2 Å². The number of halogens is 2. The lowest BCUT2D eigenvalue weighted by atomic mass is 9.88. The Bertz CT molecular complexity index is 217. The summed E-state index contributed by atoms with van der Waals surface area (Å²) in [6.07, 6.45) is 0. The predicted octanol–water partition coefficient (Wildman–Crippen LogP) is 1.13. The largest absolute Gasteiger partial charge is 0.351 e. The van der Waals surface area contributed by atoms with Crippen molar-refractivity contribution in [3.05, 3.63) is 11.6 Å². The Morgan fingerprint density at radius 2 is 2.29 bits per heavy atom. The van der Waals surface area contributed by atoms with E-state index in [9.17, 15) is 4.79 Å². The van der Waals surface area contributed by atoms with Crippen LogP contribution >= 0.6 is 24.0 Å². The van der Waals surface area contributed by atoms with Gasteiger partial charge in [-0.15, -0.1) is 12.4 Å². The van der Waals surface area contributed by atoms with Crippen LogP contribution in [0.25, 0.3) is 0 Å². The monoisotopic (exact) mass is 238 g/mol. The van der Waals surface area contributed by atoms with Crippen LogP contribution in [0.1, 0.15) is 6.92 Å². The first-order valence-electron chi connectivity index (χ1n) is 4.43. The molecule has 0 spiro atoms. The fraction of sp³-hybridized carbons (Fsp3) is 0.667. The van der Waals surface area contributed by atoms with Crippen LogP contribution in [-0.4, -0.2) is 25.5 Å². The topological polar surface area (TPSA) is 41.1 Å². The highest BCUT2D eigenvalue weighted by Gasteiger charge is 2.28. The normalized spacial score (nSPS) is 17.6. The van der Waals surface area contributed by atoms with Gasteiger partial charge in [-0.25, -0.2) is 0 Å². The summed E-state index contributed by atoms with van der Waals surface area (Å²) in [6.45, 7) is 7.69. The molecule has 1 rings (SSSR count). The second kappa shape index (κ2) is 6.27. The van der Waals surface area contributed by atoms with Crippen molar-refractivity contribution in [2.24, 2.45) is 11.8 Å². The van der Waals surface area contributed by atoms with Crippen LogP contribution in [0, 0.1) is 11.8 Å². The van der Waals surface area contributed by atoms with Crippen molar-refractivity contribution in [3.63, 3.8) is 0 Å². The highest BCUT2D eigenvalue weighted by molar-refractivity contribution is 6.29. The molecule has 0 saturated carbocycles. The maximum absolute atomic E-state index is 11.4. The first-order chi connectivity index (χ1) is 6.11. The van der Waals surface area contributed by atoms with Gasteiger partial charge in [-0.2, -0.15) is 0 Å². The van der Waals surface area contributed by atoms with Crippen molar-refractivity contribution in [1.82, 2.24) is 10.6 Å². The van der Waals surface area contributed by atoms with Gasteiger partial charge in [-0.1, -0.05) is 25.1 Å². The lowest BCUT2D eigenvalue weighted by Crippen LogP contribution is -2.49. The summed E-state index contributed by atoms with van der Waals surface area (Å²) in [7, 11) is 0. The molecule has 0 aliphatic carbocycles. The third-order valence-corrected chi connectivity index (χ3v) is 2.52. The number of hydrogen-bond donors (Lipinski definition) is 2. The number of carbonyl (C=O) groups is 1. The highest BCUT2D eigenvalue weighted by Crippen LogP contribution is 2.15. The molecule has 1 amide bonds. The van der Waals surface area contributed by atoms with E-state index in [1.165, 1.54) is 0 Å². The molecule has 1 heterocycles. The molecule has 0 radical (unpaired) electrons. The van der Waals surface area contributed by atoms with Gasteiger partial charge in [0.2, 0.25) is 5.91 Å². The summed E-state index contributed by atoms with van der Waals surface area (Å²) >= 11 is 5.53. The average molecular weight is 239 g/mol. The van der Waals surface area contributed by atoms with E-state index in [4.69, 9.17) is 11.6 Å². The summed E-state index contributed by atoms with van der Waals surface area (Å²) in [4.78, 5) is 11.4. The van der Waals surface area contributed by atoms with E-state index in [0.29, 0.717) is 17.5 Å². The van der Waals surface area contributed by atoms with Crippen molar-refractivity contribution in [2.45, 2.75) is 6.92 Å². The first kappa shape index (κ1) is 13.8. The molecule has 0 aromatic carbocycles. The molecular weight excluding hydrogens is 223 g/mol. The Labute approximate surface area is 95.7 Å². The molecule has 14 heavy (non-hydrogen) atoms. The fourth-order valence-corrected chi connectivity index (χ4v) is 1.29. The Kier molecular flexibility index (Phi) is 6.16. The Morgan fingerprint density at radius 1 is 1.71 bits per heavy atom. The van der Waals surface area contributed by atoms with Gasteiger partial charge in [0.15, 0.2) is 0 Å². The molecule has 1 aliphatic rings. The van der Waals surface area contributed by atoms with Crippen LogP contribution in [0.3, 0.4) is 0 Å². The Hall–Kier alpha value is -0.250. The van der Waals surface area contributed by atoms with E-state index < -0.39 is 0 Å². The van der Waals surface area contributed by atoms with E-state index in [2.05, 4.69) is 17.2 Å². The minimum Gasteiger partial charge on any atom is -0.351 e. The van der Waals surface area contributed by atoms with Crippen LogP contribution in [0.5, 0.6) is 0 Å². The zero-order chi connectivity index (χ0) is 9.84. The summed E-state index contributed by atoms with van der Waals surface area (Å²) in [6, 6.07) is 0. The summed E-state index contributed by atoms with van der Waals surface area (Å²) in [5, 5.41) is 6.34. The summed E-state index contributed by atoms with van der Waals surface area (Å²) in [5.41, 5.74) is 0. The number of nitrogens with one attached hydrogen (secondary N) is 2. The van der Waals surface area contributed by atoms with E-state index in [0.717, 1.165) is 13.1 Å². The summed E-state index contributed by atoms with van der Waals surface area (Å²) in [5.74, 6) is 0.606. The molecule has 2 N–H and O–H groups in total. The molecule has 1 unspecified atom stereocenters. The van der Waals surface area contributed by atoms with E-state index >= 15 is 0 Å². The van der Waals surface area contributed by atoms with Crippen LogP contribution in [0.4, 0.5) is 0 Å². The molecule has 1 atom stereocenters. The van der Waals surface area contributed by atoms with E-state index in [1.807, 2.05) is 6.92 Å². The molecule has 5 heteroatoms. The second-order valence-electron chi connectivity index (χ2n) is 3.44. The van der Waals surface area contributed by atoms with Crippen molar-refractivity contribution in [1.29, 1.82) is 0 Å². The quantitative estimate of drug-likeness (QED) is 0.772. The molecule has 1 saturated heterocycles. The third kappa shape index (κ3) is 3.86. The fourth-order valence-electron chi connectivity index (χ4n) is 1.22.